The Hall–Kier alpha value is -2.40. The molecule has 0 atom stereocenters. The van der Waals surface area contributed by atoms with Crippen LogP contribution in [0.4, 0.5) is 4.39 Å². The van der Waals surface area contributed by atoms with Gasteiger partial charge in [0.25, 0.3) is 0 Å². The number of hydrogen-bond acceptors (Lipinski definition) is 2. The van der Waals surface area contributed by atoms with Crippen LogP contribution in [0.5, 0.6) is 0 Å². The summed E-state index contributed by atoms with van der Waals surface area (Å²) in [6.07, 6.45) is 3.72. The number of nitrogens with zero attached hydrogens (tertiary/aromatic N) is 2. The molecule has 0 amide bonds. The molecule has 6 heteroatoms. The molecule has 26 heavy (non-hydrogen) atoms. The van der Waals surface area contributed by atoms with Crippen LogP contribution in [0.15, 0.2) is 60.9 Å². The molecule has 0 bridgehead atoms. The third-order valence-corrected chi connectivity index (χ3v) is 4.86. The Morgan fingerprint density at radius 1 is 1.00 bits per heavy atom. The van der Waals surface area contributed by atoms with Crippen LogP contribution in [0.25, 0.3) is 28.0 Å². The summed E-state index contributed by atoms with van der Waals surface area (Å²) in [5.74, 6) is -0.276. The van der Waals surface area contributed by atoms with Crippen LogP contribution in [0, 0.1) is 5.82 Å². The van der Waals surface area contributed by atoms with Crippen LogP contribution >= 0.6 is 23.2 Å². The van der Waals surface area contributed by atoms with E-state index in [-0.39, 0.29) is 5.82 Å². The quantitative estimate of drug-likeness (QED) is 0.500. The Labute approximate surface area is 159 Å². The van der Waals surface area contributed by atoms with Crippen LogP contribution in [0.2, 0.25) is 10.0 Å². The molecule has 0 saturated heterocycles. The average molecular weight is 386 g/mol. The fraction of sp³-hybridized carbons (Fsp3) is 0.0500. The van der Waals surface area contributed by atoms with E-state index in [0.29, 0.717) is 16.6 Å². The van der Waals surface area contributed by atoms with Gasteiger partial charge in [-0.25, -0.2) is 9.37 Å². The number of fused-ring (bicyclic) bond motifs is 1. The molecule has 0 radical (unpaired) electrons. The summed E-state index contributed by atoms with van der Waals surface area (Å²) in [6.45, 7) is 0.351. The molecule has 0 unspecified atom stereocenters. The van der Waals surface area contributed by atoms with Gasteiger partial charge in [0.05, 0.1) is 11.9 Å². The highest BCUT2D eigenvalue weighted by atomic mass is 35.5. The molecular weight excluding hydrogens is 372 g/mol. The molecule has 2 heterocycles. The lowest BCUT2D eigenvalue weighted by Gasteiger charge is -2.12. The number of pyridine rings is 1. The smallest absolute Gasteiger partial charge is 0.137 e. The third-order valence-electron chi connectivity index (χ3n) is 4.31. The van der Waals surface area contributed by atoms with Gasteiger partial charge in [-0.3, -0.25) is 4.40 Å². The van der Waals surface area contributed by atoms with Gasteiger partial charge >= 0.3 is 0 Å². The van der Waals surface area contributed by atoms with Gasteiger partial charge in [0.1, 0.15) is 11.5 Å². The van der Waals surface area contributed by atoms with Gasteiger partial charge in [-0.15, -0.1) is 0 Å². The second-order valence-corrected chi connectivity index (χ2v) is 6.76. The number of rotatable bonds is 3. The topological polar surface area (TPSA) is 43.3 Å². The van der Waals surface area contributed by atoms with E-state index in [1.54, 1.807) is 30.5 Å². The van der Waals surface area contributed by atoms with Crippen LogP contribution < -0.4 is 5.73 Å². The van der Waals surface area contributed by atoms with Crippen molar-refractivity contribution in [1.29, 1.82) is 0 Å². The summed E-state index contributed by atoms with van der Waals surface area (Å²) < 4.78 is 15.2. The van der Waals surface area contributed by atoms with Gasteiger partial charge in [-0.05, 0) is 48.0 Å². The van der Waals surface area contributed by atoms with Gasteiger partial charge in [0.2, 0.25) is 0 Å². The second kappa shape index (κ2) is 6.72. The van der Waals surface area contributed by atoms with Crippen LogP contribution in [-0.2, 0) is 6.54 Å². The zero-order chi connectivity index (χ0) is 18.3. The maximum atomic E-state index is 13.2. The number of imidazole rings is 1. The molecule has 2 aromatic carbocycles. The Bertz CT molecular complexity index is 1100. The first-order valence-electron chi connectivity index (χ1n) is 7.98. The minimum absolute atomic E-state index is 0.276. The van der Waals surface area contributed by atoms with Gasteiger partial charge in [-0.1, -0.05) is 29.3 Å². The van der Waals surface area contributed by atoms with Crippen LogP contribution in [0.3, 0.4) is 0 Å². The van der Waals surface area contributed by atoms with Gasteiger partial charge in [0.15, 0.2) is 0 Å². The van der Waals surface area contributed by atoms with Crippen molar-refractivity contribution in [2.75, 3.05) is 0 Å². The first-order valence-corrected chi connectivity index (χ1v) is 8.74. The monoisotopic (exact) mass is 385 g/mol. The van der Waals surface area contributed by atoms with Crippen molar-refractivity contribution in [2.45, 2.75) is 6.54 Å². The summed E-state index contributed by atoms with van der Waals surface area (Å²) in [5, 5.41) is 1.12. The Morgan fingerprint density at radius 3 is 2.46 bits per heavy atom. The highest BCUT2D eigenvalue weighted by Crippen LogP contribution is 2.34. The molecule has 0 saturated carbocycles. The van der Waals surface area contributed by atoms with Gasteiger partial charge in [0, 0.05) is 39.5 Å². The number of aromatic nitrogens is 2. The normalized spacial score (nSPS) is 11.2. The Morgan fingerprint density at radius 2 is 1.77 bits per heavy atom. The second-order valence-electron chi connectivity index (χ2n) is 5.92. The third kappa shape index (κ3) is 2.97. The average Bonchev–Trinajstić information content (AvgIpc) is 3.04. The first-order chi connectivity index (χ1) is 12.6. The molecule has 0 aliphatic carbocycles. The standard InChI is InChI=1S/C20H14Cl2FN3/c21-14-3-6-16(18(22)8-14)17-11-26-19(12-1-4-15(23)5-2-12)10-25-20(26)7-13(17)9-24/h1-8,10-11H,9,24H2. The summed E-state index contributed by atoms with van der Waals surface area (Å²) >= 11 is 12.4. The summed E-state index contributed by atoms with van der Waals surface area (Å²) in [5.41, 5.74) is 11.1. The van der Waals surface area contributed by atoms with Gasteiger partial charge in [-0.2, -0.15) is 0 Å². The predicted octanol–water partition coefficient (Wildman–Crippen LogP) is 5.57. The largest absolute Gasteiger partial charge is 0.326 e. The Kier molecular flexibility index (Phi) is 4.41. The number of halogens is 3. The van der Waals surface area contributed by atoms with E-state index in [1.165, 1.54) is 12.1 Å². The number of benzene rings is 2. The minimum atomic E-state index is -0.276. The first kappa shape index (κ1) is 17.0. The molecule has 4 aromatic rings. The molecule has 0 aliphatic heterocycles. The minimum Gasteiger partial charge on any atom is -0.326 e. The Balaban J connectivity index is 1.95. The fourth-order valence-electron chi connectivity index (χ4n) is 3.02. The van der Waals surface area contributed by atoms with E-state index in [4.69, 9.17) is 28.9 Å². The molecule has 2 aromatic heterocycles. The van der Waals surface area contributed by atoms with Crippen molar-refractivity contribution in [3.8, 4) is 22.4 Å². The highest BCUT2D eigenvalue weighted by molar-refractivity contribution is 6.36. The zero-order valence-electron chi connectivity index (χ0n) is 13.6. The lowest BCUT2D eigenvalue weighted by Crippen LogP contribution is -2.02. The molecule has 130 valence electrons. The van der Waals surface area contributed by atoms with Crippen molar-refractivity contribution in [1.82, 2.24) is 9.38 Å². The van der Waals surface area contributed by atoms with Crippen molar-refractivity contribution in [2.24, 2.45) is 5.73 Å². The fourth-order valence-corrected chi connectivity index (χ4v) is 3.53. The summed E-state index contributed by atoms with van der Waals surface area (Å²) in [6, 6.07) is 13.6. The van der Waals surface area contributed by atoms with E-state index in [1.807, 2.05) is 22.7 Å². The molecule has 3 nitrogen and oxygen atoms in total. The van der Waals surface area contributed by atoms with E-state index >= 15 is 0 Å². The van der Waals surface area contributed by atoms with E-state index in [2.05, 4.69) is 4.98 Å². The van der Waals surface area contributed by atoms with E-state index in [0.717, 1.165) is 33.6 Å². The van der Waals surface area contributed by atoms with Crippen LogP contribution in [0.1, 0.15) is 5.56 Å². The highest BCUT2D eigenvalue weighted by Gasteiger charge is 2.14. The van der Waals surface area contributed by atoms with E-state index in [9.17, 15) is 4.39 Å². The van der Waals surface area contributed by atoms with Crippen LogP contribution in [-0.4, -0.2) is 9.38 Å². The molecule has 2 N–H and O–H groups in total. The van der Waals surface area contributed by atoms with Gasteiger partial charge < -0.3 is 5.73 Å². The van der Waals surface area contributed by atoms with Crippen molar-refractivity contribution in [3.63, 3.8) is 0 Å². The lowest BCUT2D eigenvalue weighted by molar-refractivity contribution is 0.628. The maximum absolute atomic E-state index is 13.2. The van der Waals surface area contributed by atoms with Crippen molar-refractivity contribution < 1.29 is 4.39 Å². The number of hydrogen-bond donors (Lipinski definition) is 1. The number of nitrogens with two attached hydrogens (primary N) is 1. The van der Waals surface area contributed by atoms with Crippen molar-refractivity contribution in [3.05, 3.63) is 82.4 Å². The maximum Gasteiger partial charge on any atom is 0.137 e. The van der Waals surface area contributed by atoms with Crippen molar-refractivity contribution >= 4 is 28.8 Å². The molecule has 4 rings (SSSR count). The summed E-state index contributed by atoms with van der Waals surface area (Å²) in [4.78, 5) is 4.46. The predicted molar refractivity (Wildman–Crippen MR) is 104 cm³/mol. The molecule has 0 spiro atoms. The zero-order valence-corrected chi connectivity index (χ0v) is 15.1. The summed E-state index contributed by atoms with van der Waals surface area (Å²) in [7, 11) is 0. The van der Waals surface area contributed by atoms with E-state index < -0.39 is 0 Å². The molecule has 0 fully saturated rings. The SMILES string of the molecule is NCc1cc2ncc(-c3ccc(F)cc3)n2cc1-c1ccc(Cl)cc1Cl. The lowest BCUT2D eigenvalue weighted by atomic mass is 10.0. The molecular formula is C20H14Cl2FN3. The molecule has 0 aliphatic rings.